The van der Waals surface area contributed by atoms with Crippen molar-refractivity contribution in [2.24, 2.45) is 0 Å². The summed E-state index contributed by atoms with van der Waals surface area (Å²) in [6.07, 6.45) is 5.91. The quantitative estimate of drug-likeness (QED) is 0.235. The van der Waals surface area contributed by atoms with E-state index in [1.165, 1.54) is 36.8 Å². The molecule has 5 aromatic rings. The summed E-state index contributed by atoms with van der Waals surface area (Å²) in [6, 6.07) is 13.1. The Labute approximate surface area is 213 Å². The summed E-state index contributed by atoms with van der Waals surface area (Å²) in [5.41, 5.74) is 3.73. The molecule has 2 N–H and O–H groups in total. The fraction of sp³-hybridized carbons (Fsp3) is 0.0417. The van der Waals surface area contributed by atoms with Gasteiger partial charge in [-0.25, -0.2) is 9.07 Å². The second-order valence-corrected chi connectivity index (χ2v) is 8.51. The third-order valence-electron chi connectivity index (χ3n) is 5.30. The second kappa shape index (κ2) is 9.65. The minimum atomic E-state index is -0.546. The molecule has 9 nitrogen and oxygen atoms in total. The zero-order chi connectivity index (χ0) is 25.2. The van der Waals surface area contributed by atoms with E-state index in [0.717, 1.165) is 0 Å². The topological polar surface area (TPSA) is 118 Å². The van der Waals surface area contributed by atoms with Gasteiger partial charge in [0.05, 0.1) is 45.2 Å². The highest BCUT2D eigenvalue weighted by atomic mass is 35.5. The fourth-order valence-corrected chi connectivity index (χ4v) is 4.00. The average Bonchev–Trinajstić information content (AvgIpc) is 3.35. The molecule has 3 aromatic heterocycles. The van der Waals surface area contributed by atoms with E-state index in [1.54, 1.807) is 35.1 Å². The third-order valence-corrected chi connectivity index (χ3v) is 5.88. The van der Waals surface area contributed by atoms with E-state index in [9.17, 15) is 14.9 Å². The van der Waals surface area contributed by atoms with E-state index in [2.05, 4.69) is 32.0 Å². The number of aromatic nitrogens is 5. The van der Waals surface area contributed by atoms with Gasteiger partial charge in [0.15, 0.2) is 12.4 Å². The molecule has 178 valence electrons. The number of fused-ring (bicyclic) bond motifs is 1. The van der Waals surface area contributed by atoms with Gasteiger partial charge >= 0.3 is 0 Å². The molecule has 3 heterocycles. The van der Waals surface area contributed by atoms with E-state index in [1.807, 2.05) is 0 Å². The average molecular weight is 521 g/mol. The Morgan fingerprint density at radius 3 is 2.61 bits per heavy atom. The van der Waals surface area contributed by atoms with Gasteiger partial charge in [-0.3, -0.25) is 4.98 Å². The minimum absolute atomic E-state index is 0.0481. The highest BCUT2D eigenvalue weighted by molar-refractivity contribution is 6.36. The van der Waals surface area contributed by atoms with E-state index in [4.69, 9.17) is 23.2 Å². The summed E-state index contributed by atoms with van der Waals surface area (Å²) >= 11 is 12.4. The van der Waals surface area contributed by atoms with Crippen molar-refractivity contribution in [1.82, 2.24) is 20.0 Å². The summed E-state index contributed by atoms with van der Waals surface area (Å²) in [5.74, 6) is -0.546. The molecule has 0 atom stereocenters. The van der Waals surface area contributed by atoms with Crippen LogP contribution in [0.25, 0.3) is 16.6 Å². The van der Waals surface area contributed by atoms with Crippen LogP contribution in [-0.2, 0) is 6.54 Å². The molecule has 0 unspecified atom stereocenters. The van der Waals surface area contributed by atoms with Crippen molar-refractivity contribution < 1.29 is 9.12 Å². The first-order valence-electron chi connectivity index (χ1n) is 10.5. The second-order valence-electron chi connectivity index (χ2n) is 7.69. The molecule has 0 bridgehead atoms. The molecule has 0 fully saturated rings. The third kappa shape index (κ3) is 4.70. The van der Waals surface area contributed by atoms with Crippen molar-refractivity contribution in [1.29, 1.82) is 5.26 Å². The van der Waals surface area contributed by atoms with Crippen LogP contribution in [0.15, 0.2) is 67.3 Å². The molecule has 0 amide bonds. The Hall–Kier alpha value is -4.46. The van der Waals surface area contributed by atoms with Crippen LogP contribution in [0.2, 0.25) is 10.0 Å². The molecule has 0 radical (unpaired) electrons. The van der Waals surface area contributed by atoms with Crippen LogP contribution in [-0.4, -0.2) is 20.0 Å². The number of hydrogen-bond acceptors (Lipinski definition) is 7. The lowest BCUT2D eigenvalue weighted by Crippen LogP contribution is -2.23. The van der Waals surface area contributed by atoms with E-state index >= 15 is 0 Å². The van der Waals surface area contributed by atoms with Crippen molar-refractivity contribution in [2.45, 2.75) is 6.54 Å². The number of halogens is 3. The van der Waals surface area contributed by atoms with Crippen LogP contribution in [0.1, 0.15) is 11.3 Å². The molecule has 0 saturated heterocycles. The van der Waals surface area contributed by atoms with E-state index < -0.39 is 5.82 Å². The van der Waals surface area contributed by atoms with Gasteiger partial charge in [0, 0.05) is 35.1 Å². The highest BCUT2D eigenvalue weighted by Crippen LogP contribution is 2.35. The molecule has 5 rings (SSSR count). The van der Waals surface area contributed by atoms with Gasteiger partial charge in [-0.2, -0.15) is 9.99 Å². The number of nitrogens with zero attached hydrogens (tertiary/aromatic N) is 6. The lowest BCUT2D eigenvalue weighted by Gasteiger charge is -2.14. The van der Waals surface area contributed by atoms with Crippen molar-refractivity contribution >= 4 is 51.2 Å². The first-order chi connectivity index (χ1) is 17.4. The zero-order valence-electron chi connectivity index (χ0n) is 18.3. The molecular weight excluding hydrogens is 506 g/mol. The summed E-state index contributed by atoms with van der Waals surface area (Å²) in [6.45, 7) is 0.331. The smallest absolute Gasteiger partial charge is 0.182 e. The van der Waals surface area contributed by atoms with E-state index in [-0.39, 0.29) is 10.6 Å². The Bertz CT molecular complexity index is 1630. The highest BCUT2D eigenvalue weighted by Gasteiger charge is 2.14. The number of nitriles is 1. The molecule has 0 aliphatic heterocycles. The van der Waals surface area contributed by atoms with Crippen molar-refractivity contribution in [3.05, 3.63) is 99.6 Å². The van der Waals surface area contributed by atoms with Gasteiger partial charge in [-0.1, -0.05) is 28.4 Å². The molecule has 0 aliphatic carbocycles. The van der Waals surface area contributed by atoms with Gasteiger partial charge in [-0.05, 0) is 30.3 Å². The molecule has 36 heavy (non-hydrogen) atoms. The monoisotopic (exact) mass is 520 g/mol. The number of rotatable bonds is 6. The summed E-state index contributed by atoms with van der Waals surface area (Å²) in [4.78, 5) is 4.33. The predicted octanol–water partition coefficient (Wildman–Crippen LogP) is 5.12. The number of anilines is 3. The Morgan fingerprint density at radius 2 is 1.86 bits per heavy atom. The molecule has 0 aliphatic rings. The summed E-state index contributed by atoms with van der Waals surface area (Å²) in [7, 11) is 0. The predicted molar refractivity (Wildman–Crippen MR) is 134 cm³/mol. The standard InChI is InChI=1S/C24H15Cl2FN8O/c25-20-8-15(1-2-22(20)27)31-23-14(10-28)11-30-24-19(23)7-16(9-21(24)26)29-12-17-13-35(33-32-17)18-3-5-34(36)6-4-18/h1-9,11,13,29H,12H2,(H,30,31). The van der Waals surface area contributed by atoms with Gasteiger partial charge < -0.3 is 15.8 Å². The van der Waals surface area contributed by atoms with Crippen LogP contribution in [0.5, 0.6) is 0 Å². The number of hydrogen-bond donors (Lipinski definition) is 2. The number of pyridine rings is 2. The van der Waals surface area contributed by atoms with Gasteiger partial charge in [0.2, 0.25) is 0 Å². The number of nitrogens with one attached hydrogen (secondary N) is 2. The summed E-state index contributed by atoms with van der Waals surface area (Å²) < 4.78 is 15.9. The minimum Gasteiger partial charge on any atom is -0.619 e. The fourth-order valence-electron chi connectivity index (χ4n) is 3.56. The lowest BCUT2D eigenvalue weighted by molar-refractivity contribution is -0.605. The van der Waals surface area contributed by atoms with Crippen molar-refractivity contribution in [3.8, 4) is 11.8 Å². The SMILES string of the molecule is N#Cc1cnc2c(Cl)cc(NCc3cn(-c4cc[n+]([O-])cc4)nn3)cc2c1Nc1ccc(F)c(Cl)c1. The maximum absolute atomic E-state index is 13.6. The van der Waals surface area contributed by atoms with Crippen LogP contribution in [0, 0.1) is 22.4 Å². The van der Waals surface area contributed by atoms with Gasteiger partial charge in [-0.15, -0.1) is 5.10 Å². The van der Waals surface area contributed by atoms with E-state index in [0.29, 0.717) is 55.6 Å². The van der Waals surface area contributed by atoms with Crippen LogP contribution in [0.4, 0.5) is 21.5 Å². The van der Waals surface area contributed by atoms with Crippen LogP contribution in [0.3, 0.4) is 0 Å². The molecule has 12 heteroatoms. The largest absolute Gasteiger partial charge is 0.619 e. The normalized spacial score (nSPS) is 10.8. The lowest BCUT2D eigenvalue weighted by atomic mass is 10.1. The zero-order valence-corrected chi connectivity index (χ0v) is 19.8. The van der Waals surface area contributed by atoms with Crippen molar-refractivity contribution in [2.75, 3.05) is 10.6 Å². The van der Waals surface area contributed by atoms with Gasteiger partial charge in [0.25, 0.3) is 0 Å². The first kappa shape index (κ1) is 23.3. The Morgan fingerprint density at radius 1 is 1.08 bits per heavy atom. The Kier molecular flexibility index (Phi) is 6.25. The number of benzene rings is 2. The van der Waals surface area contributed by atoms with Crippen LogP contribution >= 0.6 is 23.2 Å². The van der Waals surface area contributed by atoms with Crippen LogP contribution < -0.4 is 15.4 Å². The molecular formula is C24H15Cl2FN8O. The maximum Gasteiger partial charge on any atom is 0.182 e. The first-order valence-corrected chi connectivity index (χ1v) is 11.3. The van der Waals surface area contributed by atoms with Crippen molar-refractivity contribution in [3.63, 3.8) is 0 Å². The van der Waals surface area contributed by atoms with Gasteiger partial charge in [0.1, 0.15) is 17.6 Å². The maximum atomic E-state index is 13.6. The molecule has 2 aromatic carbocycles. The summed E-state index contributed by atoms with van der Waals surface area (Å²) in [5, 5.41) is 36.4. The molecule has 0 saturated carbocycles. The Balaban J connectivity index is 1.44. The molecule has 0 spiro atoms.